The van der Waals surface area contributed by atoms with Crippen LogP contribution in [-0.2, 0) is 29.0 Å². The molecule has 0 aliphatic rings. The van der Waals surface area contributed by atoms with Crippen LogP contribution in [0.25, 0.3) is 0 Å². The Bertz CT molecular complexity index is 1080. The zero-order valence-corrected chi connectivity index (χ0v) is 20.3. The van der Waals surface area contributed by atoms with Crippen molar-refractivity contribution >= 4 is 11.8 Å². The van der Waals surface area contributed by atoms with E-state index >= 15 is 0 Å². The largest absolute Gasteiger partial charge is 0.497 e. The number of ether oxygens (including phenoxy) is 1. The molecule has 5 nitrogen and oxygen atoms in total. The van der Waals surface area contributed by atoms with E-state index in [9.17, 15) is 9.59 Å². The smallest absolute Gasteiger partial charge is 0.243 e. The summed E-state index contributed by atoms with van der Waals surface area (Å²) in [6.07, 6.45) is 1.51. The van der Waals surface area contributed by atoms with Crippen molar-refractivity contribution in [3.05, 3.63) is 101 Å². The first-order chi connectivity index (χ1) is 16.5. The summed E-state index contributed by atoms with van der Waals surface area (Å²) >= 11 is 0. The molecular formula is C29H34N2O3. The van der Waals surface area contributed by atoms with Crippen LogP contribution >= 0.6 is 0 Å². The van der Waals surface area contributed by atoms with E-state index in [2.05, 4.69) is 5.32 Å². The minimum Gasteiger partial charge on any atom is -0.497 e. The second kappa shape index (κ2) is 12.6. The summed E-state index contributed by atoms with van der Waals surface area (Å²) in [6, 6.07) is 24.8. The molecule has 0 bridgehead atoms. The Kier molecular flexibility index (Phi) is 9.27. The third-order valence-electron chi connectivity index (χ3n) is 5.75. The first kappa shape index (κ1) is 25.0. The van der Waals surface area contributed by atoms with Crippen molar-refractivity contribution < 1.29 is 14.3 Å². The number of aryl methyl sites for hydroxylation is 1. The second-order valence-electron chi connectivity index (χ2n) is 8.54. The molecule has 5 heteroatoms. The SMILES string of the molecule is CCCNC(=O)[C@H](Cc1ccccc1)N(Cc1cccc(OC)c1)C(=O)Cc1cccc(C)c1. The predicted octanol–water partition coefficient (Wildman–Crippen LogP) is 4.71. The van der Waals surface area contributed by atoms with Gasteiger partial charge in [-0.3, -0.25) is 9.59 Å². The molecule has 2 amide bonds. The number of hydrogen-bond donors (Lipinski definition) is 1. The van der Waals surface area contributed by atoms with Gasteiger partial charge in [-0.15, -0.1) is 0 Å². The number of benzene rings is 3. The maximum Gasteiger partial charge on any atom is 0.243 e. The molecule has 3 aromatic carbocycles. The highest BCUT2D eigenvalue weighted by Gasteiger charge is 2.30. The van der Waals surface area contributed by atoms with E-state index < -0.39 is 6.04 Å². The molecule has 0 heterocycles. The number of methoxy groups -OCH3 is 1. The Morgan fingerprint density at radius 2 is 1.62 bits per heavy atom. The van der Waals surface area contributed by atoms with Crippen LogP contribution in [0.3, 0.4) is 0 Å². The van der Waals surface area contributed by atoms with E-state index in [4.69, 9.17) is 4.74 Å². The summed E-state index contributed by atoms with van der Waals surface area (Å²) in [5.41, 5.74) is 3.97. The van der Waals surface area contributed by atoms with Crippen LogP contribution < -0.4 is 10.1 Å². The monoisotopic (exact) mass is 458 g/mol. The number of amides is 2. The standard InChI is InChI=1S/C29H34N2O3/c1-4-16-30-29(33)27(19-23-11-6-5-7-12-23)31(21-25-14-9-15-26(18-25)34-3)28(32)20-24-13-8-10-22(2)17-24/h5-15,17-18,27H,4,16,19-21H2,1-3H3,(H,30,33)/t27-/m0/s1. The highest BCUT2D eigenvalue weighted by atomic mass is 16.5. The van der Waals surface area contributed by atoms with Crippen molar-refractivity contribution in [2.75, 3.05) is 13.7 Å². The van der Waals surface area contributed by atoms with Crippen molar-refractivity contribution in [1.82, 2.24) is 10.2 Å². The van der Waals surface area contributed by atoms with E-state index in [1.165, 1.54) is 0 Å². The topological polar surface area (TPSA) is 58.6 Å². The summed E-state index contributed by atoms with van der Waals surface area (Å²) in [4.78, 5) is 28.8. The van der Waals surface area contributed by atoms with Gasteiger partial charge < -0.3 is 15.0 Å². The van der Waals surface area contributed by atoms with Gasteiger partial charge in [0, 0.05) is 19.5 Å². The quantitative estimate of drug-likeness (QED) is 0.453. The fraction of sp³-hybridized carbons (Fsp3) is 0.310. The Labute approximate surface area is 202 Å². The van der Waals surface area contributed by atoms with Gasteiger partial charge in [0.15, 0.2) is 0 Å². The lowest BCUT2D eigenvalue weighted by Gasteiger charge is -2.32. The van der Waals surface area contributed by atoms with Crippen LogP contribution in [0.5, 0.6) is 5.75 Å². The lowest BCUT2D eigenvalue weighted by atomic mass is 10.0. The maximum atomic E-state index is 13.7. The van der Waals surface area contributed by atoms with Gasteiger partial charge in [-0.1, -0.05) is 79.2 Å². The van der Waals surface area contributed by atoms with E-state index in [1.54, 1.807) is 12.0 Å². The van der Waals surface area contributed by atoms with Crippen LogP contribution in [0.2, 0.25) is 0 Å². The molecule has 0 aliphatic heterocycles. The fourth-order valence-electron chi connectivity index (χ4n) is 3.99. The molecule has 0 saturated carbocycles. The number of nitrogens with zero attached hydrogens (tertiary/aromatic N) is 1. The van der Waals surface area contributed by atoms with Gasteiger partial charge in [-0.2, -0.15) is 0 Å². The van der Waals surface area contributed by atoms with Crippen LogP contribution in [0, 0.1) is 6.92 Å². The Hall–Kier alpha value is -3.60. The average molecular weight is 459 g/mol. The van der Waals surface area contributed by atoms with Crippen molar-refractivity contribution in [2.24, 2.45) is 0 Å². The molecule has 3 aromatic rings. The van der Waals surface area contributed by atoms with E-state index in [0.29, 0.717) is 19.5 Å². The van der Waals surface area contributed by atoms with Gasteiger partial charge in [0.05, 0.1) is 13.5 Å². The maximum absolute atomic E-state index is 13.7. The first-order valence-corrected chi connectivity index (χ1v) is 11.8. The van der Waals surface area contributed by atoms with Gasteiger partial charge in [-0.25, -0.2) is 0 Å². The molecule has 1 atom stereocenters. The molecule has 0 saturated heterocycles. The molecule has 1 N–H and O–H groups in total. The Morgan fingerprint density at radius 3 is 2.32 bits per heavy atom. The molecule has 0 aliphatic carbocycles. The summed E-state index contributed by atoms with van der Waals surface area (Å²) in [7, 11) is 1.62. The summed E-state index contributed by atoms with van der Waals surface area (Å²) < 4.78 is 5.38. The number of nitrogens with one attached hydrogen (secondary N) is 1. The molecule has 0 spiro atoms. The minimum absolute atomic E-state index is 0.0824. The van der Waals surface area contributed by atoms with E-state index in [0.717, 1.165) is 34.4 Å². The molecule has 0 unspecified atom stereocenters. The van der Waals surface area contributed by atoms with Gasteiger partial charge in [-0.05, 0) is 42.2 Å². The molecule has 178 valence electrons. The highest BCUT2D eigenvalue weighted by molar-refractivity contribution is 5.88. The molecule has 0 fully saturated rings. The molecule has 3 rings (SSSR count). The van der Waals surface area contributed by atoms with E-state index in [1.807, 2.05) is 92.7 Å². The van der Waals surface area contributed by atoms with Crippen LogP contribution in [0.15, 0.2) is 78.9 Å². The van der Waals surface area contributed by atoms with Gasteiger partial charge in [0.25, 0.3) is 0 Å². The average Bonchev–Trinajstić information content (AvgIpc) is 2.85. The molecular weight excluding hydrogens is 424 g/mol. The van der Waals surface area contributed by atoms with Crippen molar-refractivity contribution in [3.8, 4) is 5.75 Å². The Morgan fingerprint density at radius 1 is 0.912 bits per heavy atom. The number of rotatable bonds is 11. The summed E-state index contributed by atoms with van der Waals surface area (Å²) in [5.74, 6) is 0.505. The van der Waals surface area contributed by atoms with Gasteiger partial charge >= 0.3 is 0 Å². The van der Waals surface area contributed by atoms with Crippen molar-refractivity contribution in [1.29, 1.82) is 0 Å². The number of carbonyl (C=O) groups excluding carboxylic acids is 2. The zero-order chi connectivity index (χ0) is 24.3. The Balaban J connectivity index is 1.96. The van der Waals surface area contributed by atoms with Gasteiger partial charge in [0.2, 0.25) is 11.8 Å². The van der Waals surface area contributed by atoms with E-state index in [-0.39, 0.29) is 18.2 Å². The van der Waals surface area contributed by atoms with Crippen molar-refractivity contribution in [2.45, 2.75) is 45.7 Å². The number of hydrogen-bond acceptors (Lipinski definition) is 3. The lowest BCUT2D eigenvalue weighted by molar-refractivity contribution is -0.140. The lowest BCUT2D eigenvalue weighted by Crippen LogP contribution is -2.51. The molecule has 0 aromatic heterocycles. The number of carbonyl (C=O) groups is 2. The second-order valence-corrected chi connectivity index (χ2v) is 8.54. The first-order valence-electron chi connectivity index (χ1n) is 11.8. The molecule has 34 heavy (non-hydrogen) atoms. The molecule has 0 radical (unpaired) electrons. The predicted molar refractivity (Wildman–Crippen MR) is 136 cm³/mol. The third-order valence-corrected chi connectivity index (χ3v) is 5.75. The fourth-order valence-corrected chi connectivity index (χ4v) is 3.99. The zero-order valence-electron chi connectivity index (χ0n) is 20.3. The van der Waals surface area contributed by atoms with Crippen LogP contribution in [0.1, 0.15) is 35.6 Å². The summed E-state index contributed by atoms with van der Waals surface area (Å²) in [6.45, 7) is 4.92. The minimum atomic E-state index is -0.627. The van der Waals surface area contributed by atoms with Crippen LogP contribution in [0.4, 0.5) is 0 Å². The van der Waals surface area contributed by atoms with Crippen molar-refractivity contribution in [3.63, 3.8) is 0 Å². The normalized spacial score (nSPS) is 11.5. The highest BCUT2D eigenvalue weighted by Crippen LogP contribution is 2.19. The third kappa shape index (κ3) is 7.20. The van der Waals surface area contributed by atoms with Gasteiger partial charge in [0.1, 0.15) is 11.8 Å². The van der Waals surface area contributed by atoms with Crippen LogP contribution in [-0.4, -0.2) is 36.4 Å². The summed E-state index contributed by atoms with van der Waals surface area (Å²) in [5, 5.41) is 3.01.